The molecule has 1 heterocycles. The third kappa shape index (κ3) is 4.80. The van der Waals surface area contributed by atoms with Crippen LogP contribution in [0.15, 0.2) is 22.8 Å². The largest absolute Gasteiger partial charge is 0.467 e. The smallest absolute Gasteiger partial charge is 0.166 e. The van der Waals surface area contributed by atoms with Gasteiger partial charge in [0.15, 0.2) is 5.11 Å². The van der Waals surface area contributed by atoms with Crippen LogP contribution in [0.2, 0.25) is 0 Å². The highest BCUT2D eigenvalue weighted by Crippen LogP contribution is 1.98. The summed E-state index contributed by atoms with van der Waals surface area (Å²) in [6.07, 6.45) is 1.79. The zero-order chi connectivity index (χ0) is 11.1. The van der Waals surface area contributed by atoms with Gasteiger partial charge in [-0.15, -0.1) is 0 Å². The van der Waals surface area contributed by atoms with Crippen LogP contribution >= 0.6 is 12.2 Å². The Balaban J connectivity index is 2.14. The maximum absolute atomic E-state index is 5.16. The lowest BCUT2D eigenvalue weighted by Gasteiger charge is -2.13. The molecule has 0 radical (unpaired) electrons. The molecule has 0 spiro atoms. The second-order valence-corrected chi connectivity index (χ2v) is 3.60. The van der Waals surface area contributed by atoms with E-state index in [4.69, 9.17) is 21.4 Å². The van der Waals surface area contributed by atoms with Gasteiger partial charge in [0.2, 0.25) is 0 Å². The topological polar surface area (TPSA) is 46.4 Å². The van der Waals surface area contributed by atoms with Gasteiger partial charge >= 0.3 is 0 Å². The molecule has 0 aromatic carbocycles. The van der Waals surface area contributed by atoms with Crippen LogP contribution in [0.4, 0.5) is 0 Å². The van der Waals surface area contributed by atoms with Crippen molar-refractivity contribution in [2.24, 2.45) is 0 Å². The number of thiocarbonyl (C=S) groups is 1. The van der Waals surface area contributed by atoms with Crippen molar-refractivity contribution in [2.75, 3.05) is 13.7 Å². The maximum Gasteiger partial charge on any atom is 0.166 e. The lowest BCUT2D eigenvalue weighted by Crippen LogP contribution is -2.38. The van der Waals surface area contributed by atoms with Gasteiger partial charge in [-0.1, -0.05) is 0 Å². The maximum atomic E-state index is 5.16. The second kappa shape index (κ2) is 6.42. The Morgan fingerprint density at radius 3 is 3.00 bits per heavy atom. The van der Waals surface area contributed by atoms with Crippen molar-refractivity contribution in [2.45, 2.75) is 19.6 Å². The van der Waals surface area contributed by atoms with Crippen LogP contribution in [0, 0.1) is 0 Å². The summed E-state index contributed by atoms with van der Waals surface area (Å²) in [5, 5.41) is 6.69. The summed E-state index contributed by atoms with van der Waals surface area (Å²) in [6, 6.07) is 3.74. The molecule has 0 aliphatic carbocycles. The lowest BCUT2D eigenvalue weighted by atomic mass is 10.4. The van der Waals surface area contributed by atoms with Crippen molar-refractivity contribution in [3.05, 3.63) is 24.2 Å². The number of hydrogen-bond acceptors (Lipinski definition) is 3. The minimum atomic E-state index is 0.147. The molecular weight excluding hydrogens is 212 g/mol. The van der Waals surface area contributed by atoms with Crippen molar-refractivity contribution in [3.63, 3.8) is 0 Å². The SMILES string of the molecule is COC(C)CNC(=S)NCc1ccco1. The van der Waals surface area contributed by atoms with Gasteiger partial charge in [0, 0.05) is 13.7 Å². The number of hydrogen-bond donors (Lipinski definition) is 2. The molecule has 15 heavy (non-hydrogen) atoms. The standard InChI is InChI=1S/C10H16N2O2S/c1-8(13-2)6-11-10(15)12-7-9-4-3-5-14-9/h3-5,8H,6-7H2,1-2H3,(H2,11,12,15). The molecule has 1 rings (SSSR count). The molecule has 5 heteroatoms. The summed E-state index contributed by atoms with van der Waals surface area (Å²) in [5.74, 6) is 0.860. The van der Waals surface area contributed by atoms with Gasteiger partial charge in [-0.05, 0) is 31.3 Å². The first-order valence-electron chi connectivity index (χ1n) is 4.79. The minimum Gasteiger partial charge on any atom is -0.467 e. The van der Waals surface area contributed by atoms with Gasteiger partial charge in [0.1, 0.15) is 5.76 Å². The number of nitrogens with one attached hydrogen (secondary N) is 2. The summed E-state index contributed by atoms with van der Waals surface area (Å²) < 4.78 is 10.2. The van der Waals surface area contributed by atoms with Gasteiger partial charge in [0.25, 0.3) is 0 Å². The fourth-order valence-corrected chi connectivity index (χ4v) is 1.12. The number of ether oxygens (including phenoxy) is 1. The number of furan rings is 1. The molecule has 2 N–H and O–H groups in total. The quantitative estimate of drug-likeness (QED) is 0.743. The average molecular weight is 228 g/mol. The fourth-order valence-electron chi connectivity index (χ4n) is 0.963. The molecule has 1 aromatic heterocycles. The Morgan fingerprint density at radius 2 is 2.40 bits per heavy atom. The summed E-state index contributed by atoms with van der Waals surface area (Å²) in [6.45, 7) is 3.27. The summed E-state index contributed by atoms with van der Waals surface area (Å²) in [7, 11) is 1.67. The normalized spacial score (nSPS) is 12.1. The van der Waals surface area contributed by atoms with Gasteiger partial charge < -0.3 is 19.8 Å². The second-order valence-electron chi connectivity index (χ2n) is 3.19. The van der Waals surface area contributed by atoms with E-state index in [1.165, 1.54) is 0 Å². The van der Waals surface area contributed by atoms with Crippen LogP contribution in [-0.2, 0) is 11.3 Å². The molecule has 84 valence electrons. The first kappa shape index (κ1) is 12.0. The first-order valence-corrected chi connectivity index (χ1v) is 5.20. The van der Waals surface area contributed by atoms with E-state index in [2.05, 4.69) is 10.6 Å². The monoisotopic (exact) mass is 228 g/mol. The number of methoxy groups -OCH3 is 1. The first-order chi connectivity index (χ1) is 7.22. The van der Waals surface area contributed by atoms with Crippen molar-refractivity contribution in [1.29, 1.82) is 0 Å². The molecule has 0 amide bonds. The van der Waals surface area contributed by atoms with E-state index in [1.807, 2.05) is 19.1 Å². The molecular formula is C10H16N2O2S. The molecule has 0 bridgehead atoms. The predicted octanol–water partition coefficient (Wildman–Crippen LogP) is 1.28. The van der Waals surface area contributed by atoms with Crippen LogP contribution < -0.4 is 10.6 Å². The zero-order valence-corrected chi connectivity index (χ0v) is 9.76. The average Bonchev–Trinajstić information content (AvgIpc) is 2.75. The summed E-state index contributed by atoms with van der Waals surface area (Å²) >= 11 is 5.07. The zero-order valence-electron chi connectivity index (χ0n) is 8.95. The minimum absolute atomic E-state index is 0.147. The van der Waals surface area contributed by atoms with Crippen LogP contribution in [0.1, 0.15) is 12.7 Å². The fraction of sp³-hybridized carbons (Fsp3) is 0.500. The van der Waals surface area contributed by atoms with Crippen molar-refractivity contribution >= 4 is 17.3 Å². The van der Waals surface area contributed by atoms with E-state index >= 15 is 0 Å². The molecule has 4 nitrogen and oxygen atoms in total. The Kier molecular flexibility index (Phi) is 5.14. The van der Waals surface area contributed by atoms with E-state index in [0.29, 0.717) is 18.2 Å². The van der Waals surface area contributed by atoms with Crippen molar-refractivity contribution in [1.82, 2.24) is 10.6 Å². The molecule has 1 unspecified atom stereocenters. The van der Waals surface area contributed by atoms with E-state index < -0.39 is 0 Å². The molecule has 0 saturated carbocycles. The molecule has 0 aliphatic rings. The third-order valence-corrected chi connectivity index (χ3v) is 2.24. The van der Waals surface area contributed by atoms with E-state index in [1.54, 1.807) is 13.4 Å². The van der Waals surface area contributed by atoms with E-state index in [0.717, 1.165) is 5.76 Å². The van der Waals surface area contributed by atoms with Gasteiger partial charge in [0.05, 0.1) is 18.9 Å². The van der Waals surface area contributed by atoms with E-state index in [-0.39, 0.29) is 6.10 Å². The lowest BCUT2D eigenvalue weighted by molar-refractivity contribution is 0.121. The van der Waals surface area contributed by atoms with Gasteiger partial charge in [-0.2, -0.15) is 0 Å². The van der Waals surface area contributed by atoms with Gasteiger partial charge in [-0.25, -0.2) is 0 Å². The Bertz CT molecular complexity index is 288. The predicted molar refractivity (Wildman–Crippen MR) is 62.6 cm³/mol. The highest BCUT2D eigenvalue weighted by Gasteiger charge is 2.01. The molecule has 1 atom stereocenters. The van der Waals surface area contributed by atoms with Crippen LogP contribution in [-0.4, -0.2) is 24.9 Å². The van der Waals surface area contributed by atoms with Crippen LogP contribution in [0.3, 0.4) is 0 Å². The summed E-state index contributed by atoms with van der Waals surface area (Å²) in [5.41, 5.74) is 0. The highest BCUT2D eigenvalue weighted by molar-refractivity contribution is 7.80. The van der Waals surface area contributed by atoms with Crippen LogP contribution in [0.25, 0.3) is 0 Å². The Labute approximate surface area is 95.0 Å². The molecule has 1 aromatic rings. The Morgan fingerprint density at radius 1 is 1.60 bits per heavy atom. The summed E-state index contributed by atoms with van der Waals surface area (Å²) in [4.78, 5) is 0. The molecule has 0 fully saturated rings. The molecule has 0 aliphatic heterocycles. The van der Waals surface area contributed by atoms with Crippen molar-refractivity contribution in [3.8, 4) is 0 Å². The van der Waals surface area contributed by atoms with E-state index in [9.17, 15) is 0 Å². The highest BCUT2D eigenvalue weighted by atomic mass is 32.1. The van der Waals surface area contributed by atoms with Crippen LogP contribution in [0.5, 0.6) is 0 Å². The number of rotatable bonds is 5. The van der Waals surface area contributed by atoms with Crippen molar-refractivity contribution < 1.29 is 9.15 Å². The Hall–Kier alpha value is -1.07. The molecule has 0 saturated heterocycles. The van der Waals surface area contributed by atoms with Gasteiger partial charge in [-0.3, -0.25) is 0 Å². The third-order valence-electron chi connectivity index (χ3n) is 1.96.